The summed E-state index contributed by atoms with van der Waals surface area (Å²) in [6.07, 6.45) is 0.991. The Bertz CT molecular complexity index is 2590. The smallest absolute Gasteiger partial charge is 0.484 e. The highest BCUT2D eigenvalue weighted by molar-refractivity contribution is 6.07. The van der Waals surface area contributed by atoms with Crippen molar-refractivity contribution in [2.24, 2.45) is 11.7 Å². The van der Waals surface area contributed by atoms with Crippen LogP contribution >= 0.6 is 0 Å². The van der Waals surface area contributed by atoms with Crippen LogP contribution in [0.5, 0.6) is 5.75 Å². The largest absolute Gasteiger partial charge is 0.495 e. The number of aryl methyl sites for hydroxylation is 1. The van der Waals surface area contributed by atoms with Gasteiger partial charge in [0.25, 0.3) is 11.8 Å². The van der Waals surface area contributed by atoms with Gasteiger partial charge in [-0.1, -0.05) is 38.1 Å². The second kappa shape index (κ2) is 36.8. The molecular formula is C56H76F3N9O14. The number of nitrogens with zero attached hydrogens (tertiary/aromatic N) is 3. The molecule has 7 N–H and O–H groups in total. The number of rotatable bonds is 37. The molecule has 26 heteroatoms. The highest BCUT2D eigenvalue weighted by atomic mass is 19.4. The highest BCUT2D eigenvalue weighted by Crippen LogP contribution is 2.23. The van der Waals surface area contributed by atoms with Gasteiger partial charge in [-0.25, -0.2) is 19.4 Å². The number of likely N-dealkylation sites (tertiary alicyclic amines) is 1. The molecule has 0 radical (unpaired) electrons. The third-order valence-electron chi connectivity index (χ3n) is 12.6. The van der Waals surface area contributed by atoms with Gasteiger partial charge in [-0.05, 0) is 112 Å². The molecule has 0 saturated carbocycles. The van der Waals surface area contributed by atoms with E-state index in [4.69, 9.17) is 24.7 Å². The first kappa shape index (κ1) is 67.0. The Labute approximate surface area is 474 Å². The van der Waals surface area contributed by atoms with Crippen LogP contribution in [0, 0.1) is 17.2 Å². The van der Waals surface area contributed by atoms with Gasteiger partial charge in [0.05, 0.1) is 63.3 Å². The Morgan fingerprint density at radius 3 is 2.15 bits per heavy atom. The summed E-state index contributed by atoms with van der Waals surface area (Å²) in [7, 11) is 0. The summed E-state index contributed by atoms with van der Waals surface area (Å²) in [4.78, 5) is 115. The summed E-state index contributed by atoms with van der Waals surface area (Å²) in [5, 5.41) is 22.8. The number of unbranched alkanes of at least 4 members (excludes halogenated alkanes) is 2. The zero-order valence-electron chi connectivity index (χ0n) is 46.5. The molecule has 1 saturated heterocycles. The van der Waals surface area contributed by atoms with Crippen molar-refractivity contribution in [2.45, 2.75) is 122 Å². The Kier molecular flexibility index (Phi) is 30.1. The van der Waals surface area contributed by atoms with E-state index in [9.17, 15) is 56.8 Å². The van der Waals surface area contributed by atoms with Crippen LogP contribution in [0.3, 0.4) is 0 Å². The Balaban J connectivity index is 1.08. The van der Waals surface area contributed by atoms with Crippen LogP contribution in [-0.2, 0) is 70.4 Å². The molecular weight excluding hydrogens is 1080 g/mol. The number of nitrogens with two attached hydrogens (primary N) is 1. The lowest BCUT2D eigenvalue weighted by Gasteiger charge is -2.22. The number of benzene rings is 2. The number of ether oxygens (including phenoxy) is 4. The van der Waals surface area contributed by atoms with Gasteiger partial charge in [-0.2, -0.15) is 18.4 Å². The number of amides is 6. The number of fused-ring (bicyclic) bond motifs is 1. The fraction of sp³-hybridized carbons (Fsp3) is 0.571. The Morgan fingerprint density at radius 1 is 0.756 bits per heavy atom. The first-order valence-electron chi connectivity index (χ1n) is 27.5. The van der Waals surface area contributed by atoms with Crippen molar-refractivity contribution in [1.82, 2.24) is 36.5 Å². The topological polar surface area (TPSA) is 318 Å². The third kappa shape index (κ3) is 25.5. The van der Waals surface area contributed by atoms with Crippen LogP contribution in [0.15, 0.2) is 54.7 Å². The molecule has 3 atom stereocenters. The molecule has 1 aliphatic rings. The molecule has 1 aromatic heterocycles. The minimum atomic E-state index is -5.46. The number of alkyl halides is 3. The van der Waals surface area contributed by atoms with Gasteiger partial charge in [-0.3, -0.25) is 33.8 Å². The summed E-state index contributed by atoms with van der Waals surface area (Å²) in [5.41, 5.74) is 8.72. The number of carbonyl (C=O) groups excluding carboxylic acids is 8. The summed E-state index contributed by atoms with van der Waals surface area (Å²) < 4.78 is 60.4. The normalized spacial score (nSPS) is 13.8. The number of carbonyl (C=O) groups is 8. The third-order valence-corrected chi connectivity index (χ3v) is 12.6. The maximum atomic E-state index is 13.5. The number of nitrogens with one attached hydrogen (secondary N) is 5. The van der Waals surface area contributed by atoms with Crippen molar-refractivity contribution in [3.05, 3.63) is 71.4 Å². The zero-order chi connectivity index (χ0) is 59.7. The Morgan fingerprint density at radius 2 is 1.44 bits per heavy atom. The zero-order valence-corrected chi connectivity index (χ0v) is 46.5. The number of nitriles is 1. The molecule has 82 heavy (non-hydrogen) atoms. The number of pyridine rings is 1. The summed E-state index contributed by atoms with van der Waals surface area (Å²) in [5.74, 6) is -6.24. The first-order valence-corrected chi connectivity index (χ1v) is 27.5. The van der Waals surface area contributed by atoms with E-state index in [2.05, 4.69) is 85.5 Å². The summed E-state index contributed by atoms with van der Waals surface area (Å²) in [6.45, 7) is 5.69. The van der Waals surface area contributed by atoms with E-state index in [1.54, 1.807) is 18.2 Å². The van der Waals surface area contributed by atoms with Crippen LogP contribution in [0.25, 0.3) is 10.9 Å². The van der Waals surface area contributed by atoms with E-state index in [0.717, 1.165) is 18.4 Å². The van der Waals surface area contributed by atoms with Gasteiger partial charge in [0, 0.05) is 50.1 Å². The Hall–Kier alpha value is -7.47. The second-order valence-electron chi connectivity index (χ2n) is 19.7. The maximum absolute atomic E-state index is 13.5. The van der Waals surface area contributed by atoms with Crippen molar-refractivity contribution in [1.29, 1.82) is 5.26 Å². The molecule has 450 valence electrons. The molecule has 1 fully saturated rings. The minimum absolute atomic E-state index is 0.0538. The van der Waals surface area contributed by atoms with Gasteiger partial charge in [0.1, 0.15) is 23.9 Å². The fourth-order valence-corrected chi connectivity index (χ4v) is 8.43. The van der Waals surface area contributed by atoms with Gasteiger partial charge in [0.15, 0.2) is 6.61 Å². The summed E-state index contributed by atoms with van der Waals surface area (Å²) >= 11 is 0. The molecule has 0 unspecified atom stereocenters. The van der Waals surface area contributed by atoms with Crippen LogP contribution < -0.4 is 37.1 Å². The van der Waals surface area contributed by atoms with E-state index in [-0.39, 0.29) is 116 Å². The molecule has 0 aliphatic carbocycles. The molecule has 0 bridgehead atoms. The second-order valence-corrected chi connectivity index (χ2v) is 19.7. The molecule has 1 aliphatic heterocycles. The monoisotopic (exact) mass is 1160 g/mol. The number of aromatic nitrogens is 1. The van der Waals surface area contributed by atoms with Crippen molar-refractivity contribution in [2.75, 3.05) is 79.0 Å². The quantitative estimate of drug-likeness (QED) is 0.0273. The lowest BCUT2D eigenvalue weighted by atomic mass is 10.00. The average Bonchev–Trinajstić information content (AvgIpc) is 4.02. The lowest BCUT2D eigenvalue weighted by molar-refractivity contribution is -0.286. The molecule has 3 aromatic rings. The van der Waals surface area contributed by atoms with Gasteiger partial charge < -0.3 is 56.2 Å². The number of hydrogen-bond acceptors (Lipinski definition) is 17. The van der Waals surface area contributed by atoms with Crippen LogP contribution in [0.2, 0.25) is 0 Å². The van der Waals surface area contributed by atoms with E-state index >= 15 is 0 Å². The molecule has 0 spiro atoms. The number of hydrogen-bond donors (Lipinski definition) is 6. The fourth-order valence-electron chi connectivity index (χ4n) is 8.43. The number of halogens is 3. The first-order chi connectivity index (χ1) is 39.4. The highest BCUT2D eigenvalue weighted by Gasteiger charge is 2.43. The molecule has 4 rings (SSSR count). The average molecular weight is 1160 g/mol. The van der Waals surface area contributed by atoms with E-state index < -0.39 is 59.9 Å². The van der Waals surface area contributed by atoms with Crippen LogP contribution in [0.1, 0.15) is 106 Å². The standard InChI is InChI=1S/C56H76F3N9O14/c1-38(2)33-40-16-14-39(15-17-40)9-7-13-48(69)63-23-6-4-12-46(54(75)81-82-55(76)56(57,58)59)67-53(74)45(11-3-5-22-60)66-49(70)21-27-77-29-31-79-32-30-78-28-25-64-50(71)37-80-42-18-19-43-44(20-24-62-47(43)34-42)52(73)65-36-51(72)68-26-8-10-41(68)35-61/h14-20,24,34,38,41,45-46H,3-13,21-23,25-33,36-37,60H2,1-2H3,(H,63,69)(H,64,71)(H,65,73)(H,66,70)(H,67,74)/t41-,45-,46-/m0/s1. The van der Waals surface area contributed by atoms with E-state index in [1.807, 2.05) is 0 Å². The van der Waals surface area contributed by atoms with Gasteiger partial charge in [0.2, 0.25) is 23.6 Å². The van der Waals surface area contributed by atoms with E-state index in [0.29, 0.717) is 73.2 Å². The molecule has 6 amide bonds. The minimum Gasteiger partial charge on any atom is -0.484 e. The van der Waals surface area contributed by atoms with Crippen molar-refractivity contribution >= 4 is 58.3 Å². The van der Waals surface area contributed by atoms with Crippen molar-refractivity contribution in [3.8, 4) is 11.8 Å². The SMILES string of the molecule is CC(C)Cc1ccc(CCCC(=O)NCCCC[C@H](NC(=O)[C@H](CCCCN)NC(=O)CCOCCOCCOCCNC(=O)COc2ccc3c(C(=O)NCC(=O)N4CCC[C@H]4C#N)ccnc3c2)C(=O)OOC(=O)C(F)(F)F)cc1. The lowest BCUT2D eigenvalue weighted by Crippen LogP contribution is -2.52. The van der Waals surface area contributed by atoms with Crippen LogP contribution in [0.4, 0.5) is 13.2 Å². The van der Waals surface area contributed by atoms with Crippen molar-refractivity contribution in [3.63, 3.8) is 0 Å². The van der Waals surface area contributed by atoms with Gasteiger partial charge >= 0.3 is 18.1 Å². The summed E-state index contributed by atoms with van der Waals surface area (Å²) in [6, 6.07) is 13.4. The van der Waals surface area contributed by atoms with Crippen LogP contribution in [-0.4, -0.2) is 161 Å². The molecule has 23 nitrogen and oxygen atoms in total. The molecule has 2 aromatic carbocycles. The predicted octanol–water partition coefficient (Wildman–Crippen LogP) is 3.58. The van der Waals surface area contributed by atoms with E-state index in [1.165, 1.54) is 22.7 Å². The molecule has 2 heterocycles. The predicted molar refractivity (Wildman–Crippen MR) is 290 cm³/mol. The van der Waals surface area contributed by atoms with Gasteiger partial charge in [-0.15, -0.1) is 0 Å². The van der Waals surface area contributed by atoms with Crippen molar-refractivity contribution < 1.29 is 80.3 Å². The maximum Gasteiger partial charge on any atom is 0.495 e.